The molecule has 3 aromatic carbocycles. The Balaban J connectivity index is 1.75. The molecule has 37 heavy (non-hydrogen) atoms. The van der Waals surface area contributed by atoms with E-state index in [0.29, 0.717) is 37.8 Å². The fraction of sp³-hybridized carbons (Fsp3) is 0.200. The first-order valence-electron chi connectivity index (χ1n) is 10.9. The van der Waals surface area contributed by atoms with Gasteiger partial charge in [-0.15, -0.1) is 0 Å². The van der Waals surface area contributed by atoms with Crippen LogP contribution in [0.15, 0.2) is 64.6 Å². The quantitative estimate of drug-likeness (QED) is 0.129. The maximum atomic E-state index is 12.7. The summed E-state index contributed by atoms with van der Waals surface area (Å²) in [7, 11) is -1.24. The van der Waals surface area contributed by atoms with Crippen molar-refractivity contribution in [3.63, 3.8) is 0 Å². The zero-order valence-corrected chi connectivity index (χ0v) is 23.9. The SMILES string of the molecule is CCCOc1ccc(C(=O)N/N=C/c2cc(I)c(OS(=O)(=O)c3ccc(Cl)cc3)c(OC)c2)cc1OC. The van der Waals surface area contributed by atoms with Crippen LogP contribution in [-0.4, -0.2) is 41.4 Å². The lowest BCUT2D eigenvalue weighted by Gasteiger charge is -2.13. The molecule has 12 heteroatoms. The minimum absolute atomic E-state index is 0.0247. The van der Waals surface area contributed by atoms with Crippen molar-refractivity contribution >= 4 is 56.4 Å². The van der Waals surface area contributed by atoms with Gasteiger partial charge in [0, 0.05) is 10.6 Å². The van der Waals surface area contributed by atoms with Crippen LogP contribution in [0.5, 0.6) is 23.0 Å². The second kappa shape index (κ2) is 13.0. The van der Waals surface area contributed by atoms with E-state index >= 15 is 0 Å². The Morgan fingerprint density at radius 2 is 1.73 bits per heavy atom. The molecule has 1 N–H and O–H groups in total. The Hall–Kier alpha value is -3.03. The fourth-order valence-corrected chi connectivity index (χ4v) is 4.99. The van der Waals surface area contributed by atoms with Crippen LogP contribution in [0.1, 0.15) is 29.3 Å². The van der Waals surface area contributed by atoms with E-state index in [4.69, 9.17) is 30.0 Å². The molecule has 0 fully saturated rings. The largest absolute Gasteiger partial charge is 0.493 e. The van der Waals surface area contributed by atoms with E-state index in [1.54, 1.807) is 24.3 Å². The summed E-state index contributed by atoms with van der Waals surface area (Å²) in [5, 5.41) is 4.40. The van der Waals surface area contributed by atoms with E-state index in [2.05, 4.69) is 10.5 Å². The molecule has 1 amide bonds. The molecule has 0 aliphatic rings. The first kappa shape index (κ1) is 28.5. The van der Waals surface area contributed by atoms with Crippen molar-refractivity contribution in [2.75, 3.05) is 20.8 Å². The molecular formula is C25H24ClIN2O7S. The minimum atomic E-state index is -4.12. The topological polar surface area (TPSA) is 113 Å². The van der Waals surface area contributed by atoms with E-state index in [1.807, 2.05) is 29.5 Å². The van der Waals surface area contributed by atoms with Crippen LogP contribution in [-0.2, 0) is 10.1 Å². The number of halogens is 2. The number of nitrogens with one attached hydrogen (secondary N) is 1. The molecule has 0 atom stereocenters. The average molecular weight is 659 g/mol. The second-order valence-corrected chi connectivity index (χ2v) is 10.6. The zero-order valence-electron chi connectivity index (χ0n) is 20.2. The molecule has 3 aromatic rings. The number of hydrazone groups is 1. The van der Waals surface area contributed by atoms with E-state index in [1.165, 1.54) is 50.8 Å². The Morgan fingerprint density at radius 3 is 2.38 bits per heavy atom. The van der Waals surface area contributed by atoms with Crippen LogP contribution in [0, 0.1) is 3.57 Å². The van der Waals surface area contributed by atoms with Crippen molar-refractivity contribution in [2.24, 2.45) is 5.10 Å². The first-order valence-corrected chi connectivity index (χ1v) is 13.8. The van der Waals surface area contributed by atoms with Crippen LogP contribution in [0.25, 0.3) is 0 Å². The zero-order chi connectivity index (χ0) is 27.0. The maximum absolute atomic E-state index is 12.7. The third-order valence-electron chi connectivity index (χ3n) is 4.81. The molecule has 0 heterocycles. The van der Waals surface area contributed by atoms with Crippen molar-refractivity contribution < 1.29 is 31.6 Å². The van der Waals surface area contributed by atoms with E-state index in [-0.39, 0.29) is 16.4 Å². The summed E-state index contributed by atoms with van der Waals surface area (Å²) >= 11 is 7.77. The van der Waals surface area contributed by atoms with Gasteiger partial charge in [0.15, 0.2) is 23.0 Å². The number of hydrogen-bond acceptors (Lipinski definition) is 8. The summed E-state index contributed by atoms with van der Waals surface area (Å²) in [4.78, 5) is 12.5. The summed E-state index contributed by atoms with van der Waals surface area (Å²) < 4.78 is 47.5. The van der Waals surface area contributed by atoms with E-state index in [0.717, 1.165) is 6.42 Å². The third-order valence-corrected chi connectivity index (χ3v) is 7.10. The second-order valence-electron chi connectivity index (χ2n) is 7.44. The first-order chi connectivity index (χ1) is 17.7. The highest BCUT2D eigenvalue weighted by atomic mass is 127. The predicted molar refractivity (Wildman–Crippen MR) is 149 cm³/mol. The van der Waals surface area contributed by atoms with Gasteiger partial charge in [0.2, 0.25) is 0 Å². The van der Waals surface area contributed by atoms with Crippen LogP contribution >= 0.6 is 34.2 Å². The van der Waals surface area contributed by atoms with Gasteiger partial charge in [-0.3, -0.25) is 4.79 Å². The van der Waals surface area contributed by atoms with Crippen molar-refractivity contribution in [1.82, 2.24) is 5.43 Å². The Kier molecular flexibility index (Phi) is 10.0. The molecular weight excluding hydrogens is 635 g/mol. The highest BCUT2D eigenvalue weighted by Crippen LogP contribution is 2.36. The molecule has 0 spiro atoms. The van der Waals surface area contributed by atoms with Gasteiger partial charge in [-0.25, -0.2) is 5.43 Å². The number of hydrogen-bond donors (Lipinski definition) is 1. The highest BCUT2D eigenvalue weighted by Gasteiger charge is 2.22. The normalized spacial score (nSPS) is 11.3. The molecule has 0 saturated heterocycles. The van der Waals surface area contributed by atoms with E-state index < -0.39 is 16.0 Å². The van der Waals surface area contributed by atoms with Gasteiger partial charge in [0.05, 0.1) is 30.6 Å². The Bertz CT molecular complexity index is 1400. The minimum Gasteiger partial charge on any atom is -0.493 e. The number of nitrogens with zero attached hydrogens (tertiary/aromatic N) is 1. The molecule has 0 bridgehead atoms. The maximum Gasteiger partial charge on any atom is 0.339 e. The Morgan fingerprint density at radius 1 is 1.03 bits per heavy atom. The van der Waals surface area contributed by atoms with Gasteiger partial charge >= 0.3 is 10.1 Å². The average Bonchev–Trinajstić information content (AvgIpc) is 2.88. The summed E-state index contributed by atoms with van der Waals surface area (Å²) in [6, 6.07) is 13.6. The monoisotopic (exact) mass is 658 g/mol. The molecule has 9 nitrogen and oxygen atoms in total. The van der Waals surface area contributed by atoms with Crippen LogP contribution < -0.4 is 23.8 Å². The van der Waals surface area contributed by atoms with Gasteiger partial charge in [-0.2, -0.15) is 13.5 Å². The van der Waals surface area contributed by atoms with Crippen molar-refractivity contribution in [2.45, 2.75) is 18.2 Å². The molecule has 3 rings (SSSR count). The number of carbonyl (C=O) groups is 1. The predicted octanol–water partition coefficient (Wildman–Crippen LogP) is 5.28. The van der Waals surface area contributed by atoms with Crippen molar-refractivity contribution in [3.8, 4) is 23.0 Å². The lowest BCUT2D eigenvalue weighted by atomic mass is 10.2. The fourth-order valence-electron chi connectivity index (χ4n) is 3.02. The van der Waals surface area contributed by atoms with Crippen LogP contribution in [0.3, 0.4) is 0 Å². The molecule has 0 aliphatic carbocycles. The molecule has 0 aliphatic heterocycles. The number of amides is 1. The van der Waals surface area contributed by atoms with Crippen LogP contribution in [0.4, 0.5) is 0 Å². The summed E-state index contributed by atoms with van der Waals surface area (Å²) in [6.07, 6.45) is 2.24. The smallest absolute Gasteiger partial charge is 0.339 e. The lowest BCUT2D eigenvalue weighted by Crippen LogP contribution is -2.17. The number of rotatable bonds is 11. The summed E-state index contributed by atoms with van der Waals surface area (Å²) in [5.74, 6) is 0.730. The molecule has 0 unspecified atom stereocenters. The molecule has 0 radical (unpaired) electrons. The van der Waals surface area contributed by atoms with Gasteiger partial charge in [-0.05, 0) is 89.2 Å². The molecule has 0 saturated carbocycles. The van der Waals surface area contributed by atoms with Gasteiger partial charge in [-0.1, -0.05) is 18.5 Å². The number of benzene rings is 3. The standard InChI is InChI=1S/C25H24ClIN2O7S/c1-4-11-35-21-10-5-17(14-22(21)33-2)25(30)29-28-15-16-12-20(27)24(23(13-16)34-3)36-37(31,32)19-8-6-18(26)7-9-19/h5-10,12-15H,4,11H2,1-3H3,(H,29,30)/b28-15+. The third kappa shape index (κ3) is 7.49. The van der Waals surface area contributed by atoms with Gasteiger partial charge in [0.25, 0.3) is 5.91 Å². The highest BCUT2D eigenvalue weighted by molar-refractivity contribution is 14.1. The number of methoxy groups -OCH3 is 2. The van der Waals surface area contributed by atoms with Crippen LogP contribution in [0.2, 0.25) is 5.02 Å². The van der Waals surface area contributed by atoms with Crippen molar-refractivity contribution in [3.05, 3.63) is 74.3 Å². The van der Waals surface area contributed by atoms with Crippen molar-refractivity contribution in [1.29, 1.82) is 0 Å². The number of ether oxygens (including phenoxy) is 3. The lowest BCUT2D eigenvalue weighted by molar-refractivity contribution is 0.0954. The van der Waals surface area contributed by atoms with Gasteiger partial charge in [0.1, 0.15) is 4.90 Å². The van der Waals surface area contributed by atoms with Gasteiger partial charge < -0.3 is 18.4 Å². The molecule has 196 valence electrons. The number of carbonyl (C=O) groups excluding carboxylic acids is 1. The Labute approximate surface area is 234 Å². The van der Waals surface area contributed by atoms with E-state index in [9.17, 15) is 13.2 Å². The molecule has 0 aromatic heterocycles. The summed E-state index contributed by atoms with van der Waals surface area (Å²) in [5.41, 5.74) is 3.33. The summed E-state index contributed by atoms with van der Waals surface area (Å²) in [6.45, 7) is 2.53.